The molecule has 144 valence electrons. The normalized spacial score (nSPS) is 20.6. The molecule has 2 aromatic rings. The van der Waals surface area contributed by atoms with Crippen molar-refractivity contribution in [2.75, 3.05) is 13.1 Å². The highest BCUT2D eigenvalue weighted by Gasteiger charge is 2.26. The smallest absolute Gasteiger partial charge is 0.225 e. The first kappa shape index (κ1) is 18.1. The lowest BCUT2D eigenvalue weighted by Crippen LogP contribution is -2.37. The summed E-state index contributed by atoms with van der Waals surface area (Å²) in [6.07, 6.45) is 5.47. The maximum absolute atomic E-state index is 12.8. The minimum atomic E-state index is 0.0552. The number of aryl methyl sites for hydroxylation is 2. The highest BCUT2D eigenvalue weighted by molar-refractivity contribution is 5.76. The third-order valence-corrected chi connectivity index (χ3v) is 5.61. The van der Waals surface area contributed by atoms with E-state index >= 15 is 0 Å². The Morgan fingerprint density at radius 2 is 2.26 bits per heavy atom. The first-order chi connectivity index (χ1) is 13.0. The standard InChI is InChI=1S/C20H28N6O/c1-13-9-14(2)26(24-13)15(3)10-19(27)25-8-6-17-16(12-25)11-22-20(23-17)18-5-4-7-21-18/h9,11,15,18,21H,4-8,10,12H2,1-3H3. The van der Waals surface area contributed by atoms with Gasteiger partial charge in [-0.25, -0.2) is 9.97 Å². The maximum Gasteiger partial charge on any atom is 0.225 e. The van der Waals surface area contributed by atoms with Gasteiger partial charge in [0.1, 0.15) is 5.82 Å². The van der Waals surface area contributed by atoms with E-state index in [1.165, 1.54) is 6.42 Å². The van der Waals surface area contributed by atoms with Crippen molar-refractivity contribution in [3.05, 3.63) is 40.7 Å². The monoisotopic (exact) mass is 368 g/mol. The zero-order valence-electron chi connectivity index (χ0n) is 16.4. The van der Waals surface area contributed by atoms with Gasteiger partial charge in [0.25, 0.3) is 0 Å². The predicted octanol–water partition coefficient (Wildman–Crippen LogP) is 2.25. The molecule has 0 spiro atoms. The fourth-order valence-corrected chi connectivity index (χ4v) is 4.18. The number of rotatable bonds is 4. The van der Waals surface area contributed by atoms with Crippen LogP contribution >= 0.6 is 0 Å². The lowest BCUT2D eigenvalue weighted by Gasteiger charge is -2.29. The highest BCUT2D eigenvalue weighted by atomic mass is 16.2. The maximum atomic E-state index is 12.8. The second-order valence-electron chi connectivity index (χ2n) is 7.84. The number of nitrogens with one attached hydrogen (secondary N) is 1. The van der Waals surface area contributed by atoms with E-state index in [9.17, 15) is 4.79 Å². The molecule has 2 unspecified atom stereocenters. The summed E-state index contributed by atoms with van der Waals surface area (Å²) in [5.41, 5.74) is 4.26. The van der Waals surface area contributed by atoms with E-state index in [1.807, 2.05) is 35.7 Å². The van der Waals surface area contributed by atoms with Crippen molar-refractivity contribution >= 4 is 5.91 Å². The van der Waals surface area contributed by atoms with Gasteiger partial charge in [0.15, 0.2) is 0 Å². The highest BCUT2D eigenvalue weighted by Crippen LogP contribution is 2.24. The Morgan fingerprint density at radius 3 is 2.96 bits per heavy atom. The molecule has 0 aromatic carbocycles. The van der Waals surface area contributed by atoms with Crippen LogP contribution in [0.5, 0.6) is 0 Å². The summed E-state index contributed by atoms with van der Waals surface area (Å²) in [4.78, 5) is 24.1. The molecule has 7 heteroatoms. The molecule has 1 N–H and O–H groups in total. The van der Waals surface area contributed by atoms with Crippen LogP contribution in [0.1, 0.15) is 66.7 Å². The Hall–Kier alpha value is -2.28. The summed E-state index contributed by atoms with van der Waals surface area (Å²) in [7, 11) is 0. The van der Waals surface area contributed by atoms with Gasteiger partial charge in [0, 0.05) is 43.4 Å². The van der Waals surface area contributed by atoms with E-state index in [2.05, 4.69) is 22.3 Å². The Labute approximate surface area is 160 Å². The molecule has 2 atom stereocenters. The third kappa shape index (κ3) is 3.74. The van der Waals surface area contributed by atoms with Crippen LogP contribution in [0.15, 0.2) is 12.3 Å². The summed E-state index contributed by atoms with van der Waals surface area (Å²) < 4.78 is 1.95. The van der Waals surface area contributed by atoms with Gasteiger partial charge in [-0.1, -0.05) is 0 Å². The third-order valence-electron chi connectivity index (χ3n) is 5.61. The zero-order chi connectivity index (χ0) is 19.0. The SMILES string of the molecule is Cc1cc(C)n(C(C)CC(=O)N2CCc3nc(C4CCCN4)ncc3C2)n1. The molecule has 4 rings (SSSR count). The van der Waals surface area contributed by atoms with Crippen LogP contribution < -0.4 is 5.32 Å². The van der Waals surface area contributed by atoms with Crippen LogP contribution in [0, 0.1) is 13.8 Å². The summed E-state index contributed by atoms with van der Waals surface area (Å²) in [5.74, 6) is 1.08. The molecule has 0 bridgehead atoms. The van der Waals surface area contributed by atoms with E-state index in [-0.39, 0.29) is 18.0 Å². The summed E-state index contributed by atoms with van der Waals surface area (Å²) in [6.45, 7) is 8.45. The molecule has 2 aliphatic heterocycles. The molecule has 0 radical (unpaired) electrons. The number of hydrogen-bond donors (Lipinski definition) is 1. The largest absolute Gasteiger partial charge is 0.338 e. The molecule has 7 nitrogen and oxygen atoms in total. The summed E-state index contributed by atoms with van der Waals surface area (Å²) in [6, 6.07) is 2.39. The Kier molecular flexibility index (Phi) is 4.95. The molecule has 1 amide bonds. The molecule has 2 aliphatic rings. The van der Waals surface area contributed by atoms with Gasteiger partial charge in [-0.15, -0.1) is 0 Å². The van der Waals surface area contributed by atoms with Crippen LogP contribution in [0.2, 0.25) is 0 Å². The van der Waals surface area contributed by atoms with Crippen molar-refractivity contribution in [1.29, 1.82) is 0 Å². The average molecular weight is 368 g/mol. The molecule has 0 saturated carbocycles. The minimum Gasteiger partial charge on any atom is -0.338 e. The van der Waals surface area contributed by atoms with Crippen LogP contribution in [0.25, 0.3) is 0 Å². The van der Waals surface area contributed by atoms with Crippen molar-refractivity contribution < 1.29 is 4.79 Å². The van der Waals surface area contributed by atoms with Gasteiger partial charge in [-0.3, -0.25) is 9.48 Å². The van der Waals surface area contributed by atoms with Gasteiger partial charge in [0.05, 0.1) is 23.5 Å². The van der Waals surface area contributed by atoms with Crippen molar-refractivity contribution in [2.45, 2.75) is 65.1 Å². The molecular formula is C20H28N6O. The quantitative estimate of drug-likeness (QED) is 0.896. The number of hydrogen-bond acceptors (Lipinski definition) is 5. The Bertz CT molecular complexity index is 839. The molecule has 0 aliphatic carbocycles. The second kappa shape index (κ2) is 7.38. The molecular weight excluding hydrogens is 340 g/mol. The Balaban J connectivity index is 1.41. The van der Waals surface area contributed by atoms with E-state index < -0.39 is 0 Å². The Morgan fingerprint density at radius 1 is 1.41 bits per heavy atom. The van der Waals surface area contributed by atoms with E-state index in [0.29, 0.717) is 13.0 Å². The number of carbonyl (C=O) groups excluding carboxylic acids is 1. The number of carbonyl (C=O) groups is 1. The lowest BCUT2D eigenvalue weighted by atomic mass is 10.1. The van der Waals surface area contributed by atoms with Gasteiger partial charge in [-0.2, -0.15) is 5.10 Å². The van der Waals surface area contributed by atoms with Crippen LogP contribution in [-0.2, 0) is 17.8 Å². The van der Waals surface area contributed by atoms with Gasteiger partial charge < -0.3 is 10.2 Å². The molecule has 1 saturated heterocycles. The van der Waals surface area contributed by atoms with Crippen molar-refractivity contribution in [1.82, 2.24) is 30.0 Å². The number of aromatic nitrogens is 4. The van der Waals surface area contributed by atoms with Crippen molar-refractivity contribution in [2.24, 2.45) is 0 Å². The number of amides is 1. The zero-order valence-corrected chi connectivity index (χ0v) is 16.4. The number of nitrogens with zero attached hydrogens (tertiary/aromatic N) is 5. The van der Waals surface area contributed by atoms with Crippen LogP contribution in [0.3, 0.4) is 0 Å². The van der Waals surface area contributed by atoms with Gasteiger partial charge in [-0.05, 0) is 46.2 Å². The topological polar surface area (TPSA) is 75.9 Å². The van der Waals surface area contributed by atoms with E-state index in [4.69, 9.17) is 4.98 Å². The van der Waals surface area contributed by atoms with Crippen molar-refractivity contribution in [3.63, 3.8) is 0 Å². The summed E-state index contributed by atoms with van der Waals surface area (Å²) in [5, 5.41) is 7.96. The lowest BCUT2D eigenvalue weighted by molar-refractivity contribution is -0.133. The van der Waals surface area contributed by atoms with Gasteiger partial charge >= 0.3 is 0 Å². The van der Waals surface area contributed by atoms with E-state index in [1.54, 1.807) is 0 Å². The minimum absolute atomic E-state index is 0.0552. The van der Waals surface area contributed by atoms with Crippen molar-refractivity contribution in [3.8, 4) is 0 Å². The molecule has 27 heavy (non-hydrogen) atoms. The first-order valence-corrected chi connectivity index (χ1v) is 9.90. The molecule has 4 heterocycles. The number of fused-ring (bicyclic) bond motifs is 1. The first-order valence-electron chi connectivity index (χ1n) is 9.90. The molecule has 1 fully saturated rings. The summed E-state index contributed by atoms with van der Waals surface area (Å²) >= 11 is 0. The fourth-order valence-electron chi connectivity index (χ4n) is 4.18. The molecule has 2 aromatic heterocycles. The van der Waals surface area contributed by atoms with Crippen LogP contribution in [0.4, 0.5) is 0 Å². The second-order valence-corrected chi connectivity index (χ2v) is 7.84. The van der Waals surface area contributed by atoms with E-state index in [0.717, 1.165) is 54.4 Å². The van der Waals surface area contributed by atoms with Gasteiger partial charge in [0.2, 0.25) is 5.91 Å². The average Bonchev–Trinajstić information content (AvgIpc) is 3.30. The fraction of sp³-hybridized carbons (Fsp3) is 0.600. The predicted molar refractivity (Wildman–Crippen MR) is 102 cm³/mol. The van der Waals surface area contributed by atoms with Crippen LogP contribution in [-0.4, -0.2) is 43.6 Å².